The van der Waals surface area contributed by atoms with Crippen molar-refractivity contribution in [1.82, 2.24) is 9.97 Å². The fourth-order valence-electron chi connectivity index (χ4n) is 2.32. The molecule has 1 aromatic carbocycles. The summed E-state index contributed by atoms with van der Waals surface area (Å²) in [6.45, 7) is 7.26. The Balaban J connectivity index is 1.76. The smallest absolute Gasteiger partial charge is 0.412 e. The summed E-state index contributed by atoms with van der Waals surface area (Å²) < 4.78 is 5.25. The number of nitrogens with one attached hydrogen (secondary N) is 2. The Morgan fingerprint density at radius 3 is 2.52 bits per heavy atom. The summed E-state index contributed by atoms with van der Waals surface area (Å²) in [7, 11) is 0. The van der Waals surface area contributed by atoms with Crippen LogP contribution in [0.5, 0.6) is 0 Å². The van der Waals surface area contributed by atoms with Crippen LogP contribution in [-0.2, 0) is 4.74 Å². The van der Waals surface area contributed by atoms with E-state index in [0.29, 0.717) is 26.6 Å². The zero-order valence-electron chi connectivity index (χ0n) is 15.5. The highest BCUT2D eigenvalue weighted by Gasteiger charge is 2.17. The predicted molar refractivity (Wildman–Crippen MR) is 106 cm³/mol. The lowest BCUT2D eigenvalue weighted by Gasteiger charge is -2.20. The Labute approximate surface area is 160 Å². The first kappa shape index (κ1) is 18.8. The molecule has 0 aliphatic carbocycles. The van der Waals surface area contributed by atoms with Gasteiger partial charge >= 0.3 is 6.09 Å². The molecule has 2 amide bonds. The molecule has 2 N–H and O–H groups in total. The van der Waals surface area contributed by atoms with Crippen LogP contribution < -0.4 is 10.6 Å². The molecule has 0 fully saturated rings. The first-order valence-corrected chi connectivity index (χ1v) is 9.15. The molecule has 7 nitrogen and oxygen atoms in total. The third kappa shape index (κ3) is 4.79. The maximum atomic E-state index is 12.6. The number of nitrogens with zero attached hydrogens (tertiary/aromatic N) is 2. The summed E-state index contributed by atoms with van der Waals surface area (Å²) in [6.07, 6.45) is 2.63. The number of fused-ring (bicyclic) bond motifs is 1. The summed E-state index contributed by atoms with van der Waals surface area (Å²) in [4.78, 5) is 34.1. The van der Waals surface area contributed by atoms with Gasteiger partial charge in [0.1, 0.15) is 15.9 Å². The summed E-state index contributed by atoms with van der Waals surface area (Å²) in [5.74, 6) is -0.252. The fourth-order valence-corrected chi connectivity index (χ4v) is 3.18. The quantitative estimate of drug-likeness (QED) is 0.688. The Morgan fingerprint density at radius 1 is 1.07 bits per heavy atom. The number of benzene rings is 1. The molecule has 0 spiro atoms. The number of aromatic nitrogens is 2. The van der Waals surface area contributed by atoms with E-state index in [-0.39, 0.29) is 5.91 Å². The van der Waals surface area contributed by atoms with Gasteiger partial charge in [0.05, 0.1) is 4.88 Å². The van der Waals surface area contributed by atoms with Gasteiger partial charge in [0.15, 0.2) is 0 Å². The van der Waals surface area contributed by atoms with E-state index in [0.717, 1.165) is 5.56 Å². The molecule has 8 heteroatoms. The molecule has 0 saturated heterocycles. The lowest BCUT2D eigenvalue weighted by atomic mass is 10.1. The Kier molecular flexibility index (Phi) is 5.09. The van der Waals surface area contributed by atoms with E-state index in [9.17, 15) is 9.59 Å². The number of ether oxygens (including phenoxy) is 1. The third-order valence-electron chi connectivity index (χ3n) is 3.52. The van der Waals surface area contributed by atoms with Crippen molar-refractivity contribution in [2.24, 2.45) is 0 Å². The van der Waals surface area contributed by atoms with Gasteiger partial charge in [-0.25, -0.2) is 9.78 Å². The second-order valence-electron chi connectivity index (χ2n) is 6.97. The summed E-state index contributed by atoms with van der Waals surface area (Å²) in [6, 6.07) is 6.97. The molecule has 0 unspecified atom stereocenters. The highest BCUT2D eigenvalue weighted by atomic mass is 32.1. The van der Waals surface area contributed by atoms with Crippen LogP contribution in [0.2, 0.25) is 0 Å². The minimum atomic E-state index is -0.588. The summed E-state index contributed by atoms with van der Waals surface area (Å²) in [5, 5.41) is 5.54. The summed E-state index contributed by atoms with van der Waals surface area (Å²) >= 11 is 1.28. The minimum absolute atomic E-state index is 0.252. The number of rotatable bonds is 3. The van der Waals surface area contributed by atoms with Crippen molar-refractivity contribution < 1.29 is 14.3 Å². The minimum Gasteiger partial charge on any atom is -0.444 e. The largest absolute Gasteiger partial charge is 0.444 e. The van der Waals surface area contributed by atoms with Crippen molar-refractivity contribution in [2.75, 3.05) is 10.6 Å². The van der Waals surface area contributed by atoms with E-state index in [4.69, 9.17) is 4.74 Å². The van der Waals surface area contributed by atoms with Crippen LogP contribution in [-0.4, -0.2) is 27.6 Å². The van der Waals surface area contributed by atoms with E-state index in [1.807, 2.05) is 13.0 Å². The molecule has 2 aromatic heterocycles. The zero-order valence-corrected chi connectivity index (χ0v) is 16.3. The van der Waals surface area contributed by atoms with Crippen LogP contribution in [0.3, 0.4) is 0 Å². The first-order valence-electron chi connectivity index (χ1n) is 8.34. The number of carbonyl (C=O) groups excluding carboxylic acids is 2. The maximum Gasteiger partial charge on any atom is 0.412 e. The standard InChI is InChI=1S/C19H20N4O3S/c1-11-5-6-12(22-18(25)26-19(2,3)4)9-13(11)23-16(24)15-10-14-17(27-15)21-8-7-20-14/h5-10H,1-4H3,(H,22,25)(H,23,24). The highest BCUT2D eigenvalue weighted by molar-refractivity contribution is 7.20. The Bertz CT molecular complexity index is 975. The Morgan fingerprint density at radius 2 is 1.81 bits per heavy atom. The van der Waals surface area contributed by atoms with Crippen LogP contribution >= 0.6 is 11.3 Å². The van der Waals surface area contributed by atoms with Crippen LogP contribution in [0.1, 0.15) is 36.0 Å². The van der Waals surface area contributed by atoms with E-state index in [1.54, 1.807) is 51.4 Å². The normalized spacial score (nSPS) is 11.3. The van der Waals surface area contributed by atoms with E-state index < -0.39 is 11.7 Å². The molecule has 0 saturated carbocycles. The van der Waals surface area contributed by atoms with E-state index in [2.05, 4.69) is 20.6 Å². The van der Waals surface area contributed by atoms with E-state index in [1.165, 1.54) is 11.3 Å². The second-order valence-corrected chi connectivity index (χ2v) is 8.00. The average molecular weight is 384 g/mol. The fraction of sp³-hybridized carbons (Fsp3) is 0.263. The summed E-state index contributed by atoms with van der Waals surface area (Å²) in [5.41, 5.74) is 2.10. The lowest BCUT2D eigenvalue weighted by molar-refractivity contribution is 0.0636. The number of hydrogen-bond donors (Lipinski definition) is 2. The Hall–Kier alpha value is -3.00. The molecule has 3 rings (SSSR count). The molecule has 0 aliphatic heterocycles. The van der Waals surface area contributed by atoms with Crippen molar-refractivity contribution in [1.29, 1.82) is 0 Å². The van der Waals surface area contributed by atoms with Gasteiger partial charge in [-0.2, -0.15) is 0 Å². The zero-order chi connectivity index (χ0) is 19.6. The molecule has 0 bridgehead atoms. The average Bonchev–Trinajstić information content (AvgIpc) is 3.00. The SMILES string of the molecule is Cc1ccc(NC(=O)OC(C)(C)C)cc1NC(=O)c1cc2nccnc2s1. The number of hydrogen-bond acceptors (Lipinski definition) is 6. The van der Waals surface area contributed by atoms with Gasteiger partial charge in [0.25, 0.3) is 5.91 Å². The van der Waals surface area contributed by atoms with Gasteiger partial charge in [-0.3, -0.25) is 15.1 Å². The monoisotopic (exact) mass is 384 g/mol. The van der Waals surface area contributed by atoms with Crippen molar-refractivity contribution in [2.45, 2.75) is 33.3 Å². The number of amides is 2. The van der Waals surface area contributed by atoms with Gasteiger partial charge in [-0.05, 0) is 51.5 Å². The number of anilines is 2. The predicted octanol–water partition coefficient (Wildman–Crippen LogP) is 4.60. The number of aryl methyl sites for hydroxylation is 1. The van der Waals surface area contributed by atoms with E-state index >= 15 is 0 Å². The second kappa shape index (κ2) is 7.32. The molecule has 2 heterocycles. The van der Waals surface area contributed by atoms with Gasteiger partial charge in [0, 0.05) is 23.8 Å². The molecule has 3 aromatic rings. The van der Waals surface area contributed by atoms with Crippen molar-refractivity contribution in [3.05, 3.63) is 47.1 Å². The lowest BCUT2D eigenvalue weighted by Crippen LogP contribution is -2.27. The highest BCUT2D eigenvalue weighted by Crippen LogP contribution is 2.25. The van der Waals surface area contributed by atoms with Crippen LogP contribution in [0, 0.1) is 6.92 Å². The van der Waals surface area contributed by atoms with Gasteiger partial charge in [-0.15, -0.1) is 11.3 Å². The molecule has 27 heavy (non-hydrogen) atoms. The van der Waals surface area contributed by atoms with Crippen molar-refractivity contribution in [3.8, 4) is 0 Å². The van der Waals surface area contributed by atoms with Crippen molar-refractivity contribution >= 4 is 45.1 Å². The number of thiophene rings is 1. The van der Waals surface area contributed by atoms with Gasteiger partial charge < -0.3 is 10.1 Å². The van der Waals surface area contributed by atoms with Crippen LogP contribution in [0.25, 0.3) is 10.3 Å². The van der Waals surface area contributed by atoms with Crippen molar-refractivity contribution in [3.63, 3.8) is 0 Å². The molecule has 0 radical (unpaired) electrons. The molecular formula is C19H20N4O3S. The van der Waals surface area contributed by atoms with Crippen LogP contribution in [0.4, 0.5) is 16.2 Å². The molecular weight excluding hydrogens is 364 g/mol. The van der Waals surface area contributed by atoms with Crippen LogP contribution in [0.15, 0.2) is 36.7 Å². The first-order chi connectivity index (χ1) is 12.7. The molecule has 140 valence electrons. The van der Waals surface area contributed by atoms with Gasteiger partial charge in [0.2, 0.25) is 0 Å². The topological polar surface area (TPSA) is 93.2 Å². The molecule has 0 aliphatic rings. The third-order valence-corrected chi connectivity index (χ3v) is 4.55. The number of carbonyl (C=O) groups is 2. The van der Waals surface area contributed by atoms with Gasteiger partial charge in [-0.1, -0.05) is 6.07 Å². The maximum absolute atomic E-state index is 12.6. The molecule has 0 atom stereocenters.